The van der Waals surface area contributed by atoms with Gasteiger partial charge in [-0.25, -0.2) is 0 Å². The lowest BCUT2D eigenvalue weighted by atomic mass is 9.97. The highest BCUT2D eigenvalue weighted by Crippen LogP contribution is 2.47. The monoisotopic (exact) mass is 373 g/mol. The van der Waals surface area contributed by atoms with E-state index in [4.69, 9.17) is 4.74 Å². The van der Waals surface area contributed by atoms with E-state index in [0.717, 1.165) is 51.7 Å². The second kappa shape index (κ2) is 5.66. The maximum atomic E-state index is 12.3. The Morgan fingerprint density at radius 1 is 1.26 bits per heavy atom. The molecule has 27 heavy (non-hydrogen) atoms. The normalized spacial score (nSPS) is 15.0. The molecule has 3 aromatic heterocycles. The van der Waals surface area contributed by atoms with Crippen molar-refractivity contribution in [2.45, 2.75) is 18.3 Å². The molecule has 4 aromatic rings. The Labute approximate surface area is 158 Å². The molecular weight excluding hydrogens is 358 g/mol. The van der Waals surface area contributed by atoms with Gasteiger partial charge in [-0.1, -0.05) is 6.07 Å². The standard InChI is InChI=1S/C21H15N3O2S/c1-26-15-4-3-14-18(13-6-9-27-19(13)20(25)24-14)17(15)12-2-5-16(23-10-12)21(11-22)7-8-21/h2-6,9-10H,7-8H2,1H3,(H,24,25). The average molecular weight is 373 g/mol. The maximum Gasteiger partial charge on any atom is 0.266 e. The van der Waals surface area contributed by atoms with Crippen molar-refractivity contribution in [1.29, 1.82) is 5.26 Å². The first kappa shape index (κ1) is 16.0. The lowest BCUT2D eigenvalue weighted by Crippen LogP contribution is -2.06. The molecular formula is C21H15N3O2S. The number of benzene rings is 1. The van der Waals surface area contributed by atoms with Crippen LogP contribution in [0.5, 0.6) is 5.75 Å². The smallest absolute Gasteiger partial charge is 0.266 e. The molecule has 1 aromatic carbocycles. The zero-order valence-corrected chi connectivity index (χ0v) is 15.4. The van der Waals surface area contributed by atoms with E-state index < -0.39 is 5.41 Å². The van der Waals surface area contributed by atoms with E-state index in [2.05, 4.69) is 16.0 Å². The van der Waals surface area contributed by atoms with Crippen LogP contribution in [0.15, 0.2) is 46.7 Å². The number of methoxy groups -OCH3 is 1. The van der Waals surface area contributed by atoms with Crippen LogP contribution in [0.2, 0.25) is 0 Å². The summed E-state index contributed by atoms with van der Waals surface area (Å²) in [6.45, 7) is 0. The summed E-state index contributed by atoms with van der Waals surface area (Å²) >= 11 is 1.43. The molecule has 0 atom stereocenters. The minimum atomic E-state index is -0.409. The Balaban J connectivity index is 1.80. The van der Waals surface area contributed by atoms with Crippen LogP contribution < -0.4 is 10.3 Å². The van der Waals surface area contributed by atoms with Gasteiger partial charge in [0.1, 0.15) is 10.4 Å². The highest BCUT2D eigenvalue weighted by atomic mass is 32.1. The molecule has 0 bridgehead atoms. The number of nitriles is 1. The molecule has 1 N–H and O–H groups in total. The van der Waals surface area contributed by atoms with Crippen molar-refractivity contribution in [3.63, 3.8) is 0 Å². The van der Waals surface area contributed by atoms with Crippen molar-refractivity contribution in [2.75, 3.05) is 7.11 Å². The van der Waals surface area contributed by atoms with E-state index in [1.54, 1.807) is 13.3 Å². The minimum Gasteiger partial charge on any atom is -0.496 e. The highest BCUT2D eigenvalue weighted by molar-refractivity contribution is 7.17. The molecule has 0 aliphatic heterocycles. The van der Waals surface area contributed by atoms with Crippen LogP contribution in [-0.4, -0.2) is 17.1 Å². The number of aromatic amines is 1. The van der Waals surface area contributed by atoms with Crippen LogP contribution >= 0.6 is 11.3 Å². The first-order valence-electron chi connectivity index (χ1n) is 8.65. The summed E-state index contributed by atoms with van der Waals surface area (Å²) in [4.78, 5) is 19.9. The van der Waals surface area contributed by atoms with Crippen LogP contribution in [0.4, 0.5) is 0 Å². The van der Waals surface area contributed by atoms with E-state index in [0.29, 0.717) is 4.70 Å². The molecule has 5 nitrogen and oxygen atoms in total. The lowest BCUT2D eigenvalue weighted by molar-refractivity contribution is 0.417. The van der Waals surface area contributed by atoms with E-state index >= 15 is 0 Å². The first-order valence-corrected chi connectivity index (χ1v) is 9.53. The number of hydrogen-bond acceptors (Lipinski definition) is 5. The topological polar surface area (TPSA) is 78.8 Å². The number of nitrogens with zero attached hydrogens (tertiary/aromatic N) is 2. The van der Waals surface area contributed by atoms with Crippen molar-refractivity contribution in [3.8, 4) is 22.9 Å². The Bertz CT molecular complexity index is 1290. The second-order valence-electron chi connectivity index (χ2n) is 6.81. The summed E-state index contributed by atoms with van der Waals surface area (Å²) in [5.74, 6) is 0.720. The molecule has 132 valence electrons. The molecule has 3 heterocycles. The van der Waals surface area contributed by atoms with Crippen LogP contribution in [0.25, 0.3) is 32.1 Å². The van der Waals surface area contributed by atoms with Gasteiger partial charge in [-0.3, -0.25) is 9.78 Å². The summed E-state index contributed by atoms with van der Waals surface area (Å²) in [5, 5.41) is 13.2. The Morgan fingerprint density at radius 3 is 2.78 bits per heavy atom. The van der Waals surface area contributed by atoms with Gasteiger partial charge in [-0.05, 0) is 42.5 Å². The van der Waals surface area contributed by atoms with E-state index in [1.807, 2.05) is 35.7 Å². The Morgan fingerprint density at radius 2 is 2.11 bits per heavy atom. The van der Waals surface area contributed by atoms with Gasteiger partial charge < -0.3 is 9.72 Å². The van der Waals surface area contributed by atoms with Gasteiger partial charge in [0.15, 0.2) is 0 Å². The highest BCUT2D eigenvalue weighted by Gasteiger charge is 2.46. The zero-order chi connectivity index (χ0) is 18.6. The third-order valence-electron chi connectivity index (χ3n) is 5.28. The number of aromatic nitrogens is 2. The SMILES string of the molecule is COc1ccc2[nH]c(=O)c3sccc3c2c1-c1ccc(C2(C#N)CC2)nc1. The van der Waals surface area contributed by atoms with Gasteiger partial charge in [0.25, 0.3) is 5.56 Å². The quantitative estimate of drug-likeness (QED) is 0.578. The summed E-state index contributed by atoms with van der Waals surface area (Å²) in [7, 11) is 1.64. The molecule has 6 heteroatoms. The molecule has 0 saturated heterocycles. The number of H-pyrrole nitrogens is 1. The fraction of sp³-hybridized carbons (Fsp3) is 0.190. The average Bonchev–Trinajstić information content (AvgIpc) is 3.35. The van der Waals surface area contributed by atoms with Crippen molar-refractivity contribution in [1.82, 2.24) is 9.97 Å². The third kappa shape index (κ3) is 2.29. The van der Waals surface area contributed by atoms with E-state index in [9.17, 15) is 10.1 Å². The molecule has 0 amide bonds. The number of rotatable bonds is 3. The number of nitrogens with one attached hydrogen (secondary N) is 1. The molecule has 5 rings (SSSR count). The summed E-state index contributed by atoms with van der Waals surface area (Å²) in [6.07, 6.45) is 3.53. The van der Waals surface area contributed by atoms with Crippen molar-refractivity contribution >= 4 is 32.3 Å². The summed E-state index contributed by atoms with van der Waals surface area (Å²) in [5.41, 5.74) is 2.89. The number of fused-ring (bicyclic) bond motifs is 3. The third-order valence-corrected chi connectivity index (χ3v) is 6.20. The predicted molar refractivity (Wildman–Crippen MR) is 106 cm³/mol. The molecule has 0 unspecified atom stereocenters. The molecule has 1 saturated carbocycles. The number of pyridine rings is 2. The summed E-state index contributed by atoms with van der Waals surface area (Å²) < 4.78 is 6.32. The number of hydrogen-bond donors (Lipinski definition) is 1. The molecule has 1 aliphatic carbocycles. The van der Waals surface area contributed by atoms with Gasteiger partial charge >= 0.3 is 0 Å². The van der Waals surface area contributed by atoms with Gasteiger partial charge in [0.2, 0.25) is 0 Å². The minimum absolute atomic E-state index is 0.0817. The second-order valence-corrected chi connectivity index (χ2v) is 7.73. The molecule has 0 radical (unpaired) electrons. The van der Waals surface area contributed by atoms with Gasteiger partial charge in [-0.15, -0.1) is 11.3 Å². The van der Waals surface area contributed by atoms with Crippen LogP contribution in [0.3, 0.4) is 0 Å². The van der Waals surface area contributed by atoms with Crippen LogP contribution in [-0.2, 0) is 5.41 Å². The van der Waals surface area contributed by atoms with Crippen molar-refractivity contribution in [2.24, 2.45) is 0 Å². The Kier molecular flexibility index (Phi) is 3.36. The molecule has 0 spiro atoms. The first-order chi connectivity index (χ1) is 13.2. The number of ether oxygens (including phenoxy) is 1. The van der Waals surface area contributed by atoms with Crippen LogP contribution in [0, 0.1) is 11.3 Å². The van der Waals surface area contributed by atoms with Crippen LogP contribution in [0.1, 0.15) is 18.5 Å². The van der Waals surface area contributed by atoms with Gasteiger partial charge in [-0.2, -0.15) is 5.26 Å². The summed E-state index contributed by atoms with van der Waals surface area (Å²) in [6, 6.07) is 12.0. The van der Waals surface area contributed by atoms with Crippen molar-refractivity contribution < 1.29 is 4.74 Å². The fourth-order valence-electron chi connectivity index (χ4n) is 3.66. The van der Waals surface area contributed by atoms with Gasteiger partial charge in [0.05, 0.1) is 24.3 Å². The molecule has 1 fully saturated rings. The van der Waals surface area contributed by atoms with Gasteiger partial charge in [0, 0.05) is 33.6 Å². The predicted octanol–water partition coefficient (Wildman–Crippen LogP) is 4.37. The van der Waals surface area contributed by atoms with Crippen molar-refractivity contribution in [3.05, 3.63) is 58.0 Å². The number of thiophene rings is 1. The Hall–Kier alpha value is -3.17. The molecule has 1 aliphatic rings. The fourth-order valence-corrected chi connectivity index (χ4v) is 4.46. The maximum absolute atomic E-state index is 12.3. The van der Waals surface area contributed by atoms with E-state index in [1.165, 1.54) is 11.3 Å². The van der Waals surface area contributed by atoms with E-state index in [-0.39, 0.29) is 5.56 Å². The lowest BCUT2D eigenvalue weighted by Gasteiger charge is -2.14. The zero-order valence-electron chi connectivity index (χ0n) is 14.6. The largest absolute Gasteiger partial charge is 0.496 e.